The van der Waals surface area contributed by atoms with Crippen molar-refractivity contribution in [3.8, 4) is 16.5 Å². The van der Waals surface area contributed by atoms with Gasteiger partial charge in [-0.25, -0.2) is 15.0 Å². The summed E-state index contributed by atoms with van der Waals surface area (Å²) in [5.74, 6) is -0.191. The van der Waals surface area contributed by atoms with Gasteiger partial charge in [-0.2, -0.15) is 8.78 Å². The van der Waals surface area contributed by atoms with E-state index in [0.717, 1.165) is 16.1 Å². The van der Waals surface area contributed by atoms with Crippen LogP contribution in [0.3, 0.4) is 0 Å². The summed E-state index contributed by atoms with van der Waals surface area (Å²) in [5.41, 5.74) is 2.91. The smallest absolute Gasteiger partial charge is 0.388 e. The number of hydrogen-bond acceptors (Lipinski definition) is 5. The summed E-state index contributed by atoms with van der Waals surface area (Å²) in [6.07, 6.45) is 2.90. The third-order valence-electron chi connectivity index (χ3n) is 2.64. The molecule has 0 amide bonds. The van der Waals surface area contributed by atoms with Crippen molar-refractivity contribution in [2.24, 2.45) is 0 Å². The third kappa shape index (κ3) is 2.44. The summed E-state index contributed by atoms with van der Waals surface area (Å²) in [7, 11) is 0. The lowest BCUT2D eigenvalue weighted by Crippen LogP contribution is -2.04. The summed E-state index contributed by atoms with van der Waals surface area (Å²) in [6.45, 7) is -1.01. The second-order valence-corrected chi connectivity index (χ2v) is 5.00. The van der Waals surface area contributed by atoms with Crippen LogP contribution in [-0.4, -0.2) is 21.6 Å². The molecule has 7 heteroatoms. The minimum absolute atomic E-state index is 0.191. The number of aryl methyl sites for hydroxylation is 1. The first-order chi connectivity index (χ1) is 9.63. The second kappa shape index (κ2) is 5.09. The maximum Gasteiger partial charge on any atom is 0.388 e. The van der Waals surface area contributed by atoms with Crippen LogP contribution >= 0.6 is 11.3 Å². The Hall–Kier alpha value is -2.15. The molecule has 0 radical (unpaired) electrons. The molecular formula is C13H9F2N3OS. The first-order valence-corrected chi connectivity index (χ1v) is 6.63. The summed E-state index contributed by atoms with van der Waals surface area (Å²) >= 11 is 1.48. The highest BCUT2D eigenvalue weighted by Crippen LogP contribution is 2.30. The standard InChI is InChI=1S/C13H9F2N3OS/c1-7-4-8(12-16-2-3-20-12)11-9(5-7)18-10(6-17-11)19-13(14)15/h2-6,13H,1H3. The van der Waals surface area contributed by atoms with Gasteiger partial charge in [0.25, 0.3) is 0 Å². The zero-order valence-electron chi connectivity index (χ0n) is 10.4. The summed E-state index contributed by atoms with van der Waals surface area (Å²) in [6, 6.07) is 3.72. The van der Waals surface area contributed by atoms with E-state index >= 15 is 0 Å². The summed E-state index contributed by atoms with van der Waals surface area (Å²) in [5, 5.41) is 2.68. The SMILES string of the molecule is Cc1cc(-c2nccs2)c2ncc(OC(F)F)nc2c1. The zero-order chi connectivity index (χ0) is 14.1. The lowest BCUT2D eigenvalue weighted by atomic mass is 10.1. The predicted octanol–water partition coefficient (Wildman–Crippen LogP) is 3.66. The highest BCUT2D eigenvalue weighted by Gasteiger charge is 2.12. The summed E-state index contributed by atoms with van der Waals surface area (Å²) < 4.78 is 28.7. The number of hydrogen-bond donors (Lipinski definition) is 0. The molecule has 0 atom stereocenters. The van der Waals surface area contributed by atoms with Crippen LogP contribution in [0.1, 0.15) is 5.56 Å². The lowest BCUT2D eigenvalue weighted by Gasteiger charge is -2.07. The first kappa shape index (κ1) is 12.9. The van der Waals surface area contributed by atoms with E-state index in [9.17, 15) is 8.78 Å². The van der Waals surface area contributed by atoms with Crippen molar-refractivity contribution in [3.63, 3.8) is 0 Å². The number of nitrogens with zero attached hydrogens (tertiary/aromatic N) is 3. The molecule has 102 valence electrons. The molecule has 2 aromatic heterocycles. The fraction of sp³-hybridized carbons (Fsp3) is 0.154. The number of alkyl halides is 2. The third-order valence-corrected chi connectivity index (χ3v) is 3.45. The second-order valence-electron chi connectivity index (χ2n) is 4.10. The fourth-order valence-corrected chi connectivity index (χ4v) is 2.57. The van der Waals surface area contributed by atoms with Crippen molar-refractivity contribution in [1.82, 2.24) is 15.0 Å². The Balaban J connectivity index is 2.17. The van der Waals surface area contributed by atoms with Gasteiger partial charge in [0, 0.05) is 17.1 Å². The molecule has 0 spiro atoms. The average Bonchev–Trinajstić information content (AvgIpc) is 2.90. The van der Waals surface area contributed by atoms with Gasteiger partial charge in [0.2, 0.25) is 5.88 Å². The molecule has 0 unspecified atom stereocenters. The predicted molar refractivity (Wildman–Crippen MR) is 72.0 cm³/mol. The molecule has 4 nitrogen and oxygen atoms in total. The molecule has 2 heterocycles. The fourth-order valence-electron chi connectivity index (χ4n) is 1.92. The Labute approximate surface area is 117 Å². The number of ether oxygens (including phenoxy) is 1. The van der Waals surface area contributed by atoms with Crippen molar-refractivity contribution < 1.29 is 13.5 Å². The van der Waals surface area contributed by atoms with Crippen LogP contribution in [0.2, 0.25) is 0 Å². The molecule has 0 aliphatic carbocycles. The quantitative estimate of drug-likeness (QED) is 0.739. The number of benzene rings is 1. The van der Waals surface area contributed by atoms with Crippen LogP contribution < -0.4 is 4.74 Å². The van der Waals surface area contributed by atoms with E-state index < -0.39 is 6.61 Å². The monoisotopic (exact) mass is 293 g/mol. The topological polar surface area (TPSA) is 47.9 Å². The largest absolute Gasteiger partial charge is 0.415 e. The molecule has 20 heavy (non-hydrogen) atoms. The molecule has 0 saturated carbocycles. The van der Waals surface area contributed by atoms with E-state index in [-0.39, 0.29) is 5.88 Å². The average molecular weight is 293 g/mol. The van der Waals surface area contributed by atoms with E-state index in [1.54, 1.807) is 12.3 Å². The Kier molecular flexibility index (Phi) is 3.27. The maximum atomic E-state index is 12.2. The van der Waals surface area contributed by atoms with Crippen molar-refractivity contribution in [2.45, 2.75) is 13.5 Å². The highest BCUT2D eigenvalue weighted by molar-refractivity contribution is 7.13. The van der Waals surface area contributed by atoms with Gasteiger partial charge in [-0.3, -0.25) is 0 Å². The molecule has 0 N–H and O–H groups in total. The zero-order valence-corrected chi connectivity index (χ0v) is 11.2. The van der Waals surface area contributed by atoms with Gasteiger partial charge in [-0.1, -0.05) is 0 Å². The van der Waals surface area contributed by atoms with Gasteiger partial charge < -0.3 is 4.74 Å². The van der Waals surface area contributed by atoms with Crippen LogP contribution in [0.5, 0.6) is 5.88 Å². The molecule has 0 aliphatic heterocycles. The van der Waals surface area contributed by atoms with Gasteiger partial charge >= 0.3 is 6.61 Å². The van der Waals surface area contributed by atoms with Crippen molar-refractivity contribution in [2.75, 3.05) is 0 Å². The van der Waals surface area contributed by atoms with Gasteiger partial charge in [0.1, 0.15) is 5.01 Å². The molecule has 1 aromatic carbocycles. The van der Waals surface area contributed by atoms with Crippen LogP contribution in [-0.2, 0) is 0 Å². The van der Waals surface area contributed by atoms with Crippen LogP contribution in [0, 0.1) is 6.92 Å². The highest BCUT2D eigenvalue weighted by atomic mass is 32.1. The normalized spacial score (nSPS) is 11.2. The molecule has 0 fully saturated rings. The van der Waals surface area contributed by atoms with E-state index in [2.05, 4.69) is 19.7 Å². The van der Waals surface area contributed by atoms with E-state index in [4.69, 9.17) is 0 Å². The Morgan fingerprint density at radius 3 is 2.80 bits per heavy atom. The van der Waals surface area contributed by atoms with Gasteiger partial charge in [0.05, 0.1) is 17.2 Å². The number of aromatic nitrogens is 3. The number of thiazole rings is 1. The summed E-state index contributed by atoms with van der Waals surface area (Å²) in [4.78, 5) is 12.5. The van der Waals surface area contributed by atoms with Crippen molar-refractivity contribution in [3.05, 3.63) is 35.5 Å². The molecule has 3 rings (SSSR count). The number of fused-ring (bicyclic) bond motifs is 1. The van der Waals surface area contributed by atoms with Gasteiger partial charge in [-0.15, -0.1) is 11.3 Å². The van der Waals surface area contributed by atoms with Crippen LogP contribution in [0.15, 0.2) is 29.9 Å². The molecule has 0 bridgehead atoms. The van der Waals surface area contributed by atoms with Gasteiger partial charge in [0.15, 0.2) is 0 Å². The number of rotatable bonds is 3. The Morgan fingerprint density at radius 2 is 2.10 bits per heavy atom. The molecule has 0 saturated heterocycles. The molecule has 3 aromatic rings. The van der Waals surface area contributed by atoms with E-state index in [0.29, 0.717) is 11.0 Å². The lowest BCUT2D eigenvalue weighted by molar-refractivity contribution is -0.0528. The van der Waals surface area contributed by atoms with Crippen LogP contribution in [0.25, 0.3) is 21.6 Å². The minimum Gasteiger partial charge on any atom is -0.415 e. The van der Waals surface area contributed by atoms with Gasteiger partial charge in [-0.05, 0) is 24.6 Å². The number of halogens is 2. The van der Waals surface area contributed by atoms with Crippen molar-refractivity contribution in [1.29, 1.82) is 0 Å². The maximum absolute atomic E-state index is 12.2. The first-order valence-electron chi connectivity index (χ1n) is 5.75. The Morgan fingerprint density at radius 1 is 1.25 bits per heavy atom. The van der Waals surface area contributed by atoms with E-state index in [1.807, 2.05) is 18.4 Å². The van der Waals surface area contributed by atoms with Crippen LogP contribution in [0.4, 0.5) is 8.78 Å². The Bertz CT molecular complexity index is 747. The molecular weight excluding hydrogens is 284 g/mol. The van der Waals surface area contributed by atoms with Crippen molar-refractivity contribution >= 4 is 22.4 Å². The van der Waals surface area contributed by atoms with E-state index in [1.165, 1.54) is 17.5 Å². The minimum atomic E-state index is -2.91. The molecule has 0 aliphatic rings.